The second-order valence-electron chi connectivity index (χ2n) is 7.01. The van der Waals surface area contributed by atoms with Crippen molar-refractivity contribution in [2.75, 3.05) is 18.0 Å². The normalized spacial score (nSPS) is 15.4. The van der Waals surface area contributed by atoms with Gasteiger partial charge in [-0.25, -0.2) is 19.6 Å². The number of piperidine rings is 1. The molecule has 4 heterocycles. The molecular weight excluding hydrogens is 342 g/mol. The van der Waals surface area contributed by atoms with E-state index in [9.17, 15) is 0 Å². The Morgan fingerprint density at radius 1 is 1.19 bits per heavy atom. The number of hydrogen-bond donors (Lipinski definition) is 0. The van der Waals surface area contributed by atoms with Gasteiger partial charge in [-0.1, -0.05) is 6.92 Å². The maximum Gasteiger partial charge on any atom is 0.154 e. The molecule has 0 unspecified atom stereocenters. The Kier molecular flexibility index (Phi) is 4.83. The number of hydrogen-bond acceptors (Lipinski definition) is 7. The summed E-state index contributed by atoms with van der Waals surface area (Å²) in [6, 6.07) is 0. The van der Waals surface area contributed by atoms with Crippen molar-refractivity contribution in [1.82, 2.24) is 39.5 Å². The van der Waals surface area contributed by atoms with Crippen LogP contribution in [0.25, 0.3) is 0 Å². The van der Waals surface area contributed by atoms with Crippen LogP contribution >= 0.6 is 0 Å². The van der Waals surface area contributed by atoms with E-state index in [1.165, 1.54) is 11.9 Å². The predicted octanol–water partition coefficient (Wildman–Crippen LogP) is 1.50. The smallest absolute Gasteiger partial charge is 0.154 e. The molecule has 0 amide bonds. The number of rotatable bonds is 5. The lowest BCUT2D eigenvalue weighted by Crippen LogP contribution is -2.35. The van der Waals surface area contributed by atoms with E-state index in [-0.39, 0.29) is 0 Å². The first-order chi connectivity index (χ1) is 13.2. The number of aromatic nitrogens is 8. The molecule has 1 fully saturated rings. The average Bonchev–Trinajstić information content (AvgIpc) is 3.33. The summed E-state index contributed by atoms with van der Waals surface area (Å²) in [5, 5.41) is 13.0. The van der Waals surface area contributed by atoms with Gasteiger partial charge in [-0.3, -0.25) is 0 Å². The second-order valence-corrected chi connectivity index (χ2v) is 7.01. The number of aryl methyl sites for hydroxylation is 2. The third-order valence-corrected chi connectivity index (χ3v) is 5.27. The summed E-state index contributed by atoms with van der Waals surface area (Å²) >= 11 is 0. The fraction of sp³-hybridized carbons (Fsp3) is 0.556. The lowest BCUT2D eigenvalue weighted by molar-refractivity contribution is 0.468. The van der Waals surface area contributed by atoms with Crippen LogP contribution in [0, 0.1) is 6.92 Å². The van der Waals surface area contributed by atoms with E-state index in [0.717, 1.165) is 55.6 Å². The molecule has 27 heavy (non-hydrogen) atoms. The summed E-state index contributed by atoms with van der Waals surface area (Å²) in [5.41, 5.74) is 1.22. The summed E-state index contributed by atoms with van der Waals surface area (Å²) in [6.45, 7) is 6.63. The maximum absolute atomic E-state index is 4.69. The predicted molar refractivity (Wildman–Crippen MR) is 100 cm³/mol. The molecule has 0 aromatic carbocycles. The van der Waals surface area contributed by atoms with Crippen LogP contribution in [0.3, 0.4) is 0 Å². The van der Waals surface area contributed by atoms with Gasteiger partial charge in [0.1, 0.15) is 36.7 Å². The molecule has 0 atom stereocenters. The van der Waals surface area contributed by atoms with E-state index in [4.69, 9.17) is 4.98 Å². The topological polar surface area (TPSA) is 90.4 Å². The van der Waals surface area contributed by atoms with Crippen molar-refractivity contribution in [3.8, 4) is 0 Å². The Bertz CT molecular complexity index is 892. The Balaban J connectivity index is 1.45. The molecule has 0 saturated carbocycles. The molecule has 1 saturated heterocycles. The molecule has 142 valence electrons. The summed E-state index contributed by atoms with van der Waals surface area (Å²) < 4.78 is 3.87. The first kappa shape index (κ1) is 17.6. The van der Waals surface area contributed by atoms with Crippen LogP contribution in [0.4, 0.5) is 5.82 Å². The van der Waals surface area contributed by atoms with Gasteiger partial charge in [-0.2, -0.15) is 5.10 Å². The molecule has 9 heteroatoms. The second kappa shape index (κ2) is 7.42. The van der Waals surface area contributed by atoms with E-state index >= 15 is 0 Å². The SMILES string of the molecule is CCc1cnc(C)nc1N1CCC(c2nnc(Cn3cncn3)n2C)CC1. The van der Waals surface area contributed by atoms with Crippen molar-refractivity contribution in [3.05, 3.63) is 41.9 Å². The first-order valence-electron chi connectivity index (χ1n) is 9.43. The Morgan fingerprint density at radius 2 is 2.00 bits per heavy atom. The highest BCUT2D eigenvalue weighted by Crippen LogP contribution is 2.30. The van der Waals surface area contributed by atoms with E-state index < -0.39 is 0 Å². The highest BCUT2D eigenvalue weighted by atomic mass is 15.4. The van der Waals surface area contributed by atoms with Crippen LogP contribution in [-0.2, 0) is 20.0 Å². The van der Waals surface area contributed by atoms with E-state index in [1.807, 2.05) is 20.2 Å². The summed E-state index contributed by atoms with van der Waals surface area (Å²) in [6.07, 6.45) is 8.23. The standard InChI is InChI=1S/C18H25N9/c1-4-14-9-20-13(2)22-17(14)26-7-5-15(6-8-26)18-24-23-16(25(18)3)10-27-12-19-11-21-27/h9,11-12,15H,4-8,10H2,1-3H3. The molecule has 0 bridgehead atoms. The van der Waals surface area contributed by atoms with E-state index in [2.05, 4.69) is 41.7 Å². The molecule has 1 aliphatic rings. The summed E-state index contributed by atoms with van der Waals surface area (Å²) in [4.78, 5) is 15.4. The van der Waals surface area contributed by atoms with Crippen molar-refractivity contribution in [2.45, 2.75) is 45.6 Å². The van der Waals surface area contributed by atoms with Crippen LogP contribution in [0.5, 0.6) is 0 Å². The van der Waals surface area contributed by atoms with Gasteiger partial charge in [0.2, 0.25) is 0 Å². The average molecular weight is 367 g/mol. The van der Waals surface area contributed by atoms with Crippen LogP contribution in [0.1, 0.15) is 48.7 Å². The monoisotopic (exact) mass is 367 g/mol. The summed E-state index contributed by atoms with van der Waals surface area (Å²) in [7, 11) is 2.04. The van der Waals surface area contributed by atoms with Crippen LogP contribution in [-0.4, -0.2) is 52.6 Å². The van der Waals surface area contributed by atoms with Crippen LogP contribution in [0.2, 0.25) is 0 Å². The lowest BCUT2D eigenvalue weighted by Gasteiger charge is -2.33. The van der Waals surface area contributed by atoms with E-state index in [0.29, 0.717) is 12.5 Å². The molecule has 3 aromatic rings. The van der Waals surface area contributed by atoms with Gasteiger partial charge >= 0.3 is 0 Å². The van der Waals surface area contributed by atoms with E-state index in [1.54, 1.807) is 11.0 Å². The minimum absolute atomic E-state index is 0.413. The van der Waals surface area contributed by atoms with Gasteiger partial charge in [0, 0.05) is 37.8 Å². The number of anilines is 1. The minimum Gasteiger partial charge on any atom is -0.356 e. The molecule has 0 N–H and O–H groups in total. The lowest BCUT2D eigenvalue weighted by atomic mass is 9.95. The molecular formula is C18H25N9. The van der Waals surface area contributed by atoms with Crippen LogP contribution < -0.4 is 4.90 Å². The molecule has 4 rings (SSSR count). The molecule has 9 nitrogen and oxygen atoms in total. The third-order valence-electron chi connectivity index (χ3n) is 5.27. The van der Waals surface area contributed by atoms with Crippen molar-refractivity contribution in [2.24, 2.45) is 7.05 Å². The van der Waals surface area contributed by atoms with Gasteiger partial charge < -0.3 is 9.47 Å². The van der Waals surface area contributed by atoms with Crippen LogP contribution in [0.15, 0.2) is 18.9 Å². The molecule has 0 radical (unpaired) electrons. The van der Waals surface area contributed by atoms with Gasteiger partial charge in [0.25, 0.3) is 0 Å². The van der Waals surface area contributed by atoms with Crippen molar-refractivity contribution >= 4 is 5.82 Å². The van der Waals surface area contributed by atoms with Gasteiger partial charge in [0.05, 0.1) is 0 Å². The van der Waals surface area contributed by atoms with Crippen molar-refractivity contribution < 1.29 is 0 Å². The Hall–Kier alpha value is -2.84. The zero-order valence-electron chi connectivity index (χ0n) is 16.1. The fourth-order valence-electron chi connectivity index (χ4n) is 3.68. The van der Waals surface area contributed by atoms with Crippen molar-refractivity contribution in [1.29, 1.82) is 0 Å². The Labute approximate surface area is 158 Å². The zero-order valence-corrected chi connectivity index (χ0v) is 16.1. The maximum atomic E-state index is 4.69. The highest BCUT2D eigenvalue weighted by molar-refractivity contribution is 5.46. The molecule has 0 aliphatic carbocycles. The highest BCUT2D eigenvalue weighted by Gasteiger charge is 2.27. The van der Waals surface area contributed by atoms with Gasteiger partial charge in [-0.15, -0.1) is 10.2 Å². The minimum atomic E-state index is 0.413. The van der Waals surface area contributed by atoms with Gasteiger partial charge in [0.15, 0.2) is 5.82 Å². The Morgan fingerprint density at radius 3 is 2.70 bits per heavy atom. The quantitative estimate of drug-likeness (QED) is 0.675. The zero-order chi connectivity index (χ0) is 18.8. The third kappa shape index (κ3) is 3.54. The number of nitrogens with zero attached hydrogens (tertiary/aromatic N) is 9. The summed E-state index contributed by atoms with van der Waals surface area (Å²) in [5.74, 6) is 4.29. The fourth-order valence-corrected chi connectivity index (χ4v) is 3.68. The molecule has 1 aliphatic heterocycles. The molecule has 3 aromatic heterocycles. The molecule has 0 spiro atoms. The van der Waals surface area contributed by atoms with Crippen molar-refractivity contribution in [3.63, 3.8) is 0 Å². The first-order valence-corrected chi connectivity index (χ1v) is 9.43. The van der Waals surface area contributed by atoms with Gasteiger partial charge in [-0.05, 0) is 26.2 Å². The largest absolute Gasteiger partial charge is 0.356 e.